The van der Waals surface area contributed by atoms with Crippen molar-refractivity contribution < 1.29 is 9.18 Å². The summed E-state index contributed by atoms with van der Waals surface area (Å²) in [5.74, 6) is -0.250. The van der Waals surface area contributed by atoms with E-state index in [0.29, 0.717) is 37.7 Å². The number of carbonyl (C=O) groups is 1. The van der Waals surface area contributed by atoms with E-state index in [2.05, 4.69) is 15.2 Å². The number of carbonyl (C=O) groups excluding carboxylic acids is 1. The molecule has 4 rings (SSSR count). The minimum Gasteiger partial charge on any atom is -0.345 e. The van der Waals surface area contributed by atoms with E-state index < -0.39 is 0 Å². The van der Waals surface area contributed by atoms with Gasteiger partial charge in [0.2, 0.25) is 0 Å². The Balaban J connectivity index is 1.32. The van der Waals surface area contributed by atoms with Crippen LogP contribution in [0.25, 0.3) is 10.2 Å². The van der Waals surface area contributed by atoms with Crippen LogP contribution in [-0.4, -0.2) is 42.1 Å². The molecule has 1 aliphatic heterocycles. The van der Waals surface area contributed by atoms with E-state index in [1.165, 1.54) is 23.5 Å². The lowest BCUT2D eigenvalue weighted by molar-refractivity contribution is 0.194. The van der Waals surface area contributed by atoms with Crippen LogP contribution in [0.4, 0.5) is 14.3 Å². The van der Waals surface area contributed by atoms with Crippen LogP contribution in [0, 0.1) is 5.82 Å². The van der Waals surface area contributed by atoms with Crippen LogP contribution in [0.2, 0.25) is 5.02 Å². The fraction of sp³-hybridized carbons (Fsp3) is 0.263. The van der Waals surface area contributed by atoms with Gasteiger partial charge in [0, 0.05) is 37.7 Å². The molecule has 0 saturated carbocycles. The number of nitrogens with zero attached hydrogens (tertiary/aromatic N) is 3. The molecule has 1 aliphatic rings. The molecule has 1 aromatic heterocycles. The molecule has 1 saturated heterocycles. The molecule has 2 amide bonds. The molecule has 0 radical (unpaired) electrons. The van der Waals surface area contributed by atoms with E-state index in [1.807, 2.05) is 24.3 Å². The smallest absolute Gasteiger partial charge is 0.317 e. The lowest BCUT2D eigenvalue weighted by atomic mass is 10.2. The van der Waals surface area contributed by atoms with Crippen molar-refractivity contribution in [2.24, 2.45) is 0 Å². The molecule has 1 fully saturated rings. The molecule has 3 aromatic rings. The Bertz CT molecular complexity index is 954. The van der Waals surface area contributed by atoms with Gasteiger partial charge in [-0.25, -0.2) is 14.2 Å². The Morgan fingerprint density at radius 3 is 2.63 bits per heavy atom. The Labute approximate surface area is 165 Å². The number of nitrogens with one attached hydrogen (secondary N) is 1. The first-order chi connectivity index (χ1) is 13.1. The Morgan fingerprint density at radius 2 is 1.89 bits per heavy atom. The molecular formula is C19H18ClFN4OS. The maximum Gasteiger partial charge on any atom is 0.317 e. The number of thiazole rings is 1. The number of piperazine rings is 1. The highest BCUT2D eigenvalue weighted by atomic mass is 35.5. The summed E-state index contributed by atoms with van der Waals surface area (Å²) in [5.41, 5.74) is 1.81. The average molecular weight is 405 g/mol. The summed E-state index contributed by atoms with van der Waals surface area (Å²) in [5, 5.41) is 4.49. The van der Waals surface area contributed by atoms with Crippen LogP contribution in [0.15, 0.2) is 42.5 Å². The third kappa shape index (κ3) is 4.14. The van der Waals surface area contributed by atoms with E-state index in [1.54, 1.807) is 11.0 Å². The molecule has 0 atom stereocenters. The van der Waals surface area contributed by atoms with Crippen molar-refractivity contribution in [3.8, 4) is 0 Å². The molecule has 1 N–H and O–H groups in total. The maximum atomic E-state index is 13.4. The molecule has 2 aromatic carbocycles. The number of benzene rings is 2. The van der Waals surface area contributed by atoms with Crippen molar-refractivity contribution in [1.82, 2.24) is 15.2 Å². The summed E-state index contributed by atoms with van der Waals surface area (Å²) in [6.45, 7) is 3.13. The summed E-state index contributed by atoms with van der Waals surface area (Å²) < 4.78 is 14.2. The van der Waals surface area contributed by atoms with Gasteiger partial charge >= 0.3 is 6.03 Å². The molecule has 5 nitrogen and oxygen atoms in total. The molecule has 140 valence electrons. The third-order valence-electron chi connectivity index (χ3n) is 4.53. The predicted octanol–water partition coefficient (Wildman–Crippen LogP) is 4.12. The zero-order chi connectivity index (χ0) is 18.8. The Hall–Kier alpha value is -2.38. The fourth-order valence-corrected chi connectivity index (χ4v) is 4.18. The second-order valence-corrected chi connectivity index (χ2v) is 7.81. The first-order valence-electron chi connectivity index (χ1n) is 8.67. The van der Waals surface area contributed by atoms with Crippen molar-refractivity contribution in [3.63, 3.8) is 0 Å². The van der Waals surface area contributed by atoms with E-state index in [-0.39, 0.29) is 11.8 Å². The van der Waals surface area contributed by atoms with Gasteiger partial charge in [-0.2, -0.15) is 0 Å². The molecule has 0 aliphatic carbocycles. The first kappa shape index (κ1) is 18.0. The number of fused-ring (bicyclic) bond motifs is 1. The van der Waals surface area contributed by atoms with E-state index in [9.17, 15) is 9.18 Å². The van der Waals surface area contributed by atoms with Gasteiger partial charge in [-0.1, -0.05) is 35.1 Å². The van der Waals surface area contributed by atoms with Gasteiger partial charge in [0.25, 0.3) is 0 Å². The summed E-state index contributed by atoms with van der Waals surface area (Å²) in [6, 6.07) is 12.0. The zero-order valence-corrected chi connectivity index (χ0v) is 16.1. The molecule has 0 bridgehead atoms. The standard InChI is InChI=1S/C19H18ClFN4OS/c20-14-3-1-13(2-4-14)12-22-18(26)24-7-9-25(10-8-24)19-23-16-6-5-15(21)11-17(16)27-19/h1-6,11H,7-10,12H2,(H,22,26). The number of amides is 2. The quantitative estimate of drug-likeness (QED) is 0.714. The topological polar surface area (TPSA) is 48.5 Å². The minimum atomic E-state index is -0.250. The number of hydrogen-bond acceptors (Lipinski definition) is 4. The molecular weight excluding hydrogens is 387 g/mol. The molecule has 27 heavy (non-hydrogen) atoms. The van der Waals surface area contributed by atoms with Gasteiger partial charge in [0.15, 0.2) is 5.13 Å². The second-order valence-electron chi connectivity index (χ2n) is 6.37. The van der Waals surface area contributed by atoms with Gasteiger partial charge in [0.05, 0.1) is 10.2 Å². The number of hydrogen-bond donors (Lipinski definition) is 1. The van der Waals surface area contributed by atoms with Crippen LogP contribution in [-0.2, 0) is 6.54 Å². The van der Waals surface area contributed by atoms with Crippen LogP contribution < -0.4 is 10.2 Å². The summed E-state index contributed by atoms with van der Waals surface area (Å²) in [7, 11) is 0. The van der Waals surface area contributed by atoms with Gasteiger partial charge in [-0.15, -0.1) is 0 Å². The van der Waals surface area contributed by atoms with Crippen LogP contribution >= 0.6 is 22.9 Å². The molecule has 0 spiro atoms. The van der Waals surface area contributed by atoms with E-state index >= 15 is 0 Å². The monoisotopic (exact) mass is 404 g/mol. The van der Waals surface area contributed by atoms with E-state index in [0.717, 1.165) is 20.9 Å². The number of urea groups is 1. The van der Waals surface area contributed by atoms with Crippen LogP contribution in [0.5, 0.6) is 0 Å². The molecule has 0 unspecified atom stereocenters. The normalized spacial score (nSPS) is 14.6. The number of aromatic nitrogens is 1. The Kier molecular flexibility index (Phi) is 5.13. The highest BCUT2D eigenvalue weighted by Gasteiger charge is 2.23. The third-order valence-corrected chi connectivity index (χ3v) is 5.86. The molecule has 2 heterocycles. The van der Waals surface area contributed by atoms with Gasteiger partial charge in [0.1, 0.15) is 5.82 Å². The minimum absolute atomic E-state index is 0.0732. The SMILES string of the molecule is O=C(NCc1ccc(Cl)cc1)N1CCN(c2nc3ccc(F)cc3s2)CC1. The highest BCUT2D eigenvalue weighted by molar-refractivity contribution is 7.22. The van der Waals surface area contributed by atoms with Gasteiger partial charge in [-0.3, -0.25) is 0 Å². The lowest BCUT2D eigenvalue weighted by Gasteiger charge is -2.34. The first-order valence-corrected chi connectivity index (χ1v) is 9.86. The lowest BCUT2D eigenvalue weighted by Crippen LogP contribution is -2.51. The number of halogens is 2. The van der Waals surface area contributed by atoms with Gasteiger partial charge in [-0.05, 0) is 35.9 Å². The van der Waals surface area contributed by atoms with Crippen molar-refractivity contribution >= 4 is 44.3 Å². The zero-order valence-electron chi connectivity index (χ0n) is 14.5. The van der Waals surface area contributed by atoms with E-state index in [4.69, 9.17) is 11.6 Å². The van der Waals surface area contributed by atoms with Crippen molar-refractivity contribution in [3.05, 3.63) is 58.9 Å². The maximum absolute atomic E-state index is 13.4. The molecule has 8 heteroatoms. The van der Waals surface area contributed by atoms with Crippen LogP contribution in [0.1, 0.15) is 5.56 Å². The number of rotatable bonds is 3. The van der Waals surface area contributed by atoms with Crippen LogP contribution in [0.3, 0.4) is 0 Å². The van der Waals surface area contributed by atoms with Crippen molar-refractivity contribution in [2.75, 3.05) is 31.1 Å². The summed E-state index contributed by atoms with van der Waals surface area (Å²) in [4.78, 5) is 20.9. The van der Waals surface area contributed by atoms with Crippen molar-refractivity contribution in [1.29, 1.82) is 0 Å². The number of anilines is 1. The average Bonchev–Trinajstić information content (AvgIpc) is 3.10. The largest absolute Gasteiger partial charge is 0.345 e. The summed E-state index contributed by atoms with van der Waals surface area (Å²) >= 11 is 7.35. The van der Waals surface area contributed by atoms with Gasteiger partial charge < -0.3 is 15.1 Å². The second kappa shape index (κ2) is 7.70. The Morgan fingerprint density at radius 1 is 1.15 bits per heavy atom. The summed E-state index contributed by atoms with van der Waals surface area (Å²) in [6.07, 6.45) is 0. The van der Waals surface area contributed by atoms with Crippen molar-refractivity contribution in [2.45, 2.75) is 6.54 Å². The fourth-order valence-electron chi connectivity index (χ4n) is 3.01. The highest BCUT2D eigenvalue weighted by Crippen LogP contribution is 2.29. The predicted molar refractivity (Wildman–Crippen MR) is 107 cm³/mol.